The lowest BCUT2D eigenvalue weighted by Gasteiger charge is -2.37. The fourth-order valence-electron chi connectivity index (χ4n) is 6.88. The summed E-state index contributed by atoms with van der Waals surface area (Å²) in [5.74, 6) is 0.397. The highest BCUT2D eigenvalue weighted by atomic mass is 32.2. The molecule has 2 aliphatic carbocycles. The molecule has 248 valence electrons. The van der Waals surface area contributed by atoms with E-state index in [9.17, 15) is 18.3 Å². The van der Waals surface area contributed by atoms with Crippen LogP contribution in [0.1, 0.15) is 45.1 Å². The average molecular weight is 671 g/mol. The van der Waals surface area contributed by atoms with Crippen molar-refractivity contribution in [2.45, 2.75) is 87.5 Å². The maximum absolute atomic E-state index is 14.1. The number of hydrogen-bond acceptors (Lipinski definition) is 10. The van der Waals surface area contributed by atoms with Crippen molar-refractivity contribution in [3.63, 3.8) is 0 Å². The summed E-state index contributed by atoms with van der Waals surface area (Å²) in [6, 6.07) is 14.1. The number of sulfonamides is 1. The van der Waals surface area contributed by atoms with E-state index in [1.807, 2.05) is 44.2 Å². The number of carbonyl (C=O) groups is 1. The van der Waals surface area contributed by atoms with E-state index < -0.39 is 34.4 Å². The maximum Gasteiger partial charge on any atom is 0.407 e. The highest BCUT2D eigenvalue weighted by Crippen LogP contribution is 2.46. The second-order valence-electron chi connectivity index (χ2n) is 13.5. The number of hydrogen-bond donors (Lipinski definition) is 3. The second kappa shape index (κ2) is 13.0. The van der Waals surface area contributed by atoms with Gasteiger partial charge in [-0.3, -0.25) is 0 Å². The van der Waals surface area contributed by atoms with E-state index in [-0.39, 0.29) is 48.6 Å². The van der Waals surface area contributed by atoms with Crippen LogP contribution in [0, 0.1) is 17.8 Å². The molecule has 3 bridgehead atoms. The number of nitrogens with zero attached hydrogens (tertiary/aromatic N) is 2. The van der Waals surface area contributed by atoms with Crippen molar-refractivity contribution in [1.82, 2.24) is 14.6 Å². The van der Waals surface area contributed by atoms with Crippen molar-refractivity contribution in [2.75, 3.05) is 25.0 Å². The van der Waals surface area contributed by atoms with Gasteiger partial charge in [0.15, 0.2) is 11.4 Å². The normalized spacial score (nSPS) is 26.8. The molecule has 11 nitrogen and oxygen atoms in total. The number of nitrogens with one attached hydrogen (secondary N) is 2. The van der Waals surface area contributed by atoms with Crippen molar-refractivity contribution in [2.24, 2.45) is 17.8 Å². The lowest BCUT2D eigenvalue weighted by Crippen LogP contribution is -2.53. The van der Waals surface area contributed by atoms with Gasteiger partial charge in [-0.1, -0.05) is 55.5 Å². The number of fused-ring (bicyclic) bond motifs is 3. The Morgan fingerprint density at radius 3 is 2.70 bits per heavy atom. The molecule has 1 amide bonds. The Morgan fingerprint density at radius 1 is 1.13 bits per heavy atom. The number of rotatable bonds is 13. The molecule has 3 aromatic rings. The zero-order chi connectivity index (χ0) is 32.0. The minimum atomic E-state index is -4.00. The van der Waals surface area contributed by atoms with Crippen LogP contribution in [-0.2, 0) is 30.7 Å². The minimum Gasteiger partial charge on any atom is -0.443 e. The molecule has 7 rings (SSSR count). The van der Waals surface area contributed by atoms with Crippen LogP contribution in [0.15, 0.2) is 53.4 Å². The van der Waals surface area contributed by atoms with E-state index in [0.717, 1.165) is 46.6 Å². The zero-order valence-electron chi connectivity index (χ0n) is 26.1. The smallest absolute Gasteiger partial charge is 0.407 e. The summed E-state index contributed by atoms with van der Waals surface area (Å²) in [4.78, 5) is 18.1. The standard InChI is InChI=1S/C33H42N4O7S2/c1-19(2)16-37(46(40,41)24-10-11-25-29(15-24)45-32(35-25)34-23-8-9-23)17-27(38)26(12-20-6-4-3-5-7-20)36-33(39)44-30-22-13-21-14-28(30)43-31(21)42-18-22/h3-7,10-11,15,19,21-23,26-28,30-31,38H,8-9,12-14,16-18H2,1-2H3,(H,34,35)(H,36,39). The first kappa shape index (κ1) is 31.8. The molecule has 7 unspecified atom stereocenters. The molecule has 0 spiro atoms. The summed E-state index contributed by atoms with van der Waals surface area (Å²) >= 11 is 1.44. The van der Waals surface area contributed by atoms with Crippen molar-refractivity contribution in [1.29, 1.82) is 0 Å². The first-order valence-corrected chi connectivity index (χ1v) is 18.5. The number of ether oxygens (including phenoxy) is 3. The highest BCUT2D eigenvalue weighted by molar-refractivity contribution is 7.89. The summed E-state index contributed by atoms with van der Waals surface area (Å²) < 4.78 is 48.0. The summed E-state index contributed by atoms with van der Waals surface area (Å²) in [6.45, 7) is 4.35. The molecule has 2 saturated carbocycles. The van der Waals surface area contributed by atoms with Gasteiger partial charge in [0.25, 0.3) is 0 Å². The topological polar surface area (TPSA) is 139 Å². The Bertz CT molecular complexity index is 1640. The number of aliphatic hydroxyl groups is 1. The van der Waals surface area contributed by atoms with Gasteiger partial charge in [0, 0.05) is 31.0 Å². The number of amides is 1. The van der Waals surface area contributed by atoms with E-state index in [2.05, 4.69) is 15.6 Å². The lowest BCUT2D eigenvalue weighted by atomic mass is 9.78. The molecule has 2 saturated heterocycles. The molecule has 2 aromatic carbocycles. The van der Waals surface area contributed by atoms with Crippen LogP contribution < -0.4 is 10.6 Å². The van der Waals surface area contributed by atoms with Gasteiger partial charge < -0.3 is 30.0 Å². The predicted octanol–water partition coefficient (Wildman–Crippen LogP) is 4.37. The molecular formula is C33H42N4O7S2. The van der Waals surface area contributed by atoms with Crippen molar-refractivity contribution in [3.8, 4) is 0 Å². The second-order valence-corrected chi connectivity index (χ2v) is 16.5. The van der Waals surface area contributed by atoms with E-state index in [1.54, 1.807) is 18.2 Å². The molecular weight excluding hydrogens is 629 g/mol. The van der Waals surface area contributed by atoms with Crippen LogP contribution in [0.3, 0.4) is 0 Å². The fourth-order valence-corrected chi connectivity index (χ4v) is 9.58. The molecule has 0 radical (unpaired) electrons. The average Bonchev–Trinajstić information content (AvgIpc) is 3.66. The molecule has 4 aliphatic rings. The lowest BCUT2D eigenvalue weighted by molar-refractivity contribution is -0.153. The van der Waals surface area contributed by atoms with E-state index in [0.29, 0.717) is 18.6 Å². The van der Waals surface area contributed by atoms with Gasteiger partial charge in [-0.15, -0.1) is 0 Å². The third kappa shape index (κ3) is 6.90. The third-order valence-corrected chi connectivity index (χ3v) is 12.1. The Balaban J connectivity index is 1.09. The third-order valence-electron chi connectivity index (χ3n) is 9.31. The monoisotopic (exact) mass is 670 g/mol. The van der Waals surface area contributed by atoms with Gasteiger partial charge in [0.05, 0.1) is 40.0 Å². The quantitative estimate of drug-likeness (QED) is 0.242. The molecule has 3 heterocycles. The predicted molar refractivity (Wildman–Crippen MR) is 174 cm³/mol. The van der Waals surface area contributed by atoms with Crippen LogP contribution in [0.5, 0.6) is 0 Å². The molecule has 1 aromatic heterocycles. The minimum absolute atomic E-state index is 0.00653. The number of aliphatic hydroxyl groups excluding tert-OH is 1. The number of aromatic nitrogens is 1. The van der Waals surface area contributed by atoms with Crippen LogP contribution in [0.4, 0.5) is 9.93 Å². The number of carbonyl (C=O) groups excluding carboxylic acids is 1. The van der Waals surface area contributed by atoms with Crippen LogP contribution in [-0.4, -0.2) is 85.3 Å². The largest absolute Gasteiger partial charge is 0.443 e. The van der Waals surface area contributed by atoms with Crippen molar-refractivity contribution >= 4 is 42.8 Å². The fraction of sp³-hybridized carbons (Fsp3) is 0.576. The van der Waals surface area contributed by atoms with Gasteiger partial charge in [-0.2, -0.15) is 4.31 Å². The Morgan fingerprint density at radius 2 is 1.93 bits per heavy atom. The van der Waals surface area contributed by atoms with Gasteiger partial charge in [0.2, 0.25) is 10.0 Å². The number of thiazole rings is 1. The summed E-state index contributed by atoms with van der Waals surface area (Å²) in [5.41, 5.74) is 1.63. The number of alkyl carbamates (subject to hydrolysis) is 1. The maximum atomic E-state index is 14.1. The first-order chi connectivity index (χ1) is 22.1. The first-order valence-electron chi connectivity index (χ1n) is 16.3. The molecule has 13 heteroatoms. The number of anilines is 1. The molecule has 46 heavy (non-hydrogen) atoms. The van der Waals surface area contributed by atoms with Gasteiger partial charge in [-0.05, 0) is 61.8 Å². The molecule has 4 fully saturated rings. The Kier molecular flexibility index (Phi) is 8.98. The zero-order valence-corrected chi connectivity index (χ0v) is 27.7. The van der Waals surface area contributed by atoms with E-state index >= 15 is 0 Å². The summed E-state index contributed by atoms with van der Waals surface area (Å²) in [5, 5.41) is 18.7. The van der Waals surface area contributed by atoms with Crippen LogP contribution in [0.25, 0.3) is 10.2 Å². The van der Waals surface area contributed by atoms with Gasteiger partial charge >= 0.3 is 6.09 Å². The molecule has 2 aliphatic heterocycles. The van der Waals surface area contributed by atoms with E-state index in [1.165, 1.54) is 15.6 Å². The van der Waals surface area contributed by atoms with Gasteiger partial charge in [0.1, 0.15) is 6.10 Å². The highest BCUT2D eigenvalue weighted by Gasteiger charge is 2.53. The van der Waals surface area contributed by atoms with Crippen LogP contribution in [0.2, 0.25) is 0 Å². The summed E-state index contributed by atoms with van der Waals surface area (Å²) in [6.07, 6.45) is 1.46. The Labute approximate surface area is 273 Å². The molecule has 7 atom stereocenters. The van der Waals surface area contributed by atoms with Gasteiger partial charge in [-0.25, -0.2) is 18.2 Å². The van der Waals surface area contributed by atoms with Crippen molar-refractivity contribution < 1.29 is 32.5 Å². The summed E-state index contributed by atoms with van der Waals surface area (Å²) in [7, 11) is -4.00. The van der Waals surface area contributed by atoms with E-state index in [4.69, 9.17) is 14.2 Å². The van der Waals surface area contributed by atoms with Crippen LogP contribution >= 0.6 is 11.3 Å². The Hall–Kier alpha value is -2.81. The van der Waals surface area contributed by atoms with Crippen molar-refractivity contribution in [3.05, 3.63) is 54.1 Å². The molecule has 3 N–H and O–H groups in total. The number of benzene rings is 2. The SMILES string of the molecule is CC(C)CN(CC(O)C(Cc1ccccc1)NC(=O)OC1C2COC3OC1CC3C2)S(=O)(=O)c1ccc2nc(NC3CC3)sc2c1.